The highest BCUT2D eigenvalue weighted by Crippen LogP contribution is 2.64. The molecule has 6 atom stereocenters. The lowest BCUT2D eigenvalue weighted by atomic mass is 9.63. The molecule has 0 saturated carbocycles. The molecular formula is C25H32N4O5SSi. The first-order chi connectivity index (χ1) is 16.7. The summed E-state index contributed by atoms with van der Waals surface area (Å²) >= 11 is 0.937. The molecule has 4 heterocycles. The van der Waals surface area contributed by atoms with Gasteiger partial charge in [0.05, 0.1) is 47.5 Å². The Morgan fingerprint density at radius 3 is 2.56 bits per heavy atom. The Labute approximate surface area is 216 Å². The van der Waals surface area contributed by atoms with Gasteiger partial charge in [0.25, 0.3) is 0 Å². The van der Waals surface area contributed by atoms with Crippen molar-refractivity contribution in [2.75, 3.05) is 11.5 Å². The van der Waals surface area contributed by atoms with Crippen LogP contribution in [0.3, 0.4) is 0 Å². The molecule has 2 bridgehead atoms. The van der Waals surface area contributed by atoms with Gasteiger partial charge in [0.2, 0.25) is 17.5 Å². The maximum Gasteiger partial charge on any atom is 0.240 e. The number of imide groups is 1. The van der Waals surface area contributed by atoms with Crippen LogP contribution in [0.2, 0.25) is 18.1 Å². The third kappa shape index (κ3) is 3.21. The predicted molar refractivity (Wildman–Crippen MR) is 138 cm³/mol. The molecule has 1 aromatic heterocycles. The van der Waals surface area contributed by atoms with Gasteiger partial charge in [-0.15, -0.1) is 0 Å². The highest BCUT2D eigenvalue weighted by Gasteiger charge is 2.78. The Kier molecular flexibility index (Phi) is 5.57. The van der Waals surface area contributed by atoms with E-state index in [0.29, 0.717) is 29.0 Å². The number of hydrogen-bond donors (Lipinski definition) is 1. The summed E-state index contributed by atoms with van der Waals surface area (Å²) in [6.07, 6.45) is -0.611. The van der Waals surface area contributed by atoms with Crippen molar-refractivity contribution in [1.29, 1.82) is 0 Å². The number of anilines is 1. The summed E-state index contributed by atoms with van der Waals surface area (Å²) in [5, 5.41) is 11.1. The van der Waals surface area contributed by atoms with E-state index >= 15 is 0 Å². The van der Waals surface area contributed by atoms with E-state index in [1.54, 1.807) is 19.1 Å². The van der Waals surface area contributed by atoms with Crippen molar-refractivity contribution in [3.8, 4) is 0 Å². The maximum absolute atomic E-state index is 14.0. The molecule has 0 spiro atoms. The molecular weight excluding hydrogens is 496 g/mol. The second kappa shape index (κ2) is 7.88. The molecule has 1 N–H and O–H groups in total. The fourth-order valence-electron chi connectivity index (χ4n) is 5.87. The molecule has 3 aliphatic rings. The molecule has 9 nitrogen and oxygen atoms in total. The molecule has 0 aliphatic carbocycles. The number of nitrogens with zero attached hydrogens (tertiary/aromatic N) is 4. The quantitative estimate of drug-likeness (QED) is 0.350. The average Bonchev–Trinajstić information content (AvgIpc) is 3.51. The monoisotopic (exact) mass is 528 g/mol. The van der Waals surface area contributed by atoms with E-state index in [0.717, 1.165) is 11.7 Å². The minimum Gasteiger partial charge on any atom is -0.416 e. The summed E-state index contributed by atoms with van der Waals surface area (Å²) in [4.78, 5) is 32.6. The smallest absolute Gasteiger partial charge is 0.240 e. The molecule has 2 aromatic rings. The first-order valence-corrected chi connectivity index (χ1v) is 15.9. The van der Waals surface area contributed by atoms with Gasteiger partial charge < -0.3 is 14.3 Å². The van der Waals surface area contributed by atoms with Crippen molar-refractivity contribution in [3.05, 3.63) is 23.5 Å². The first-order valence-electron chi connectivity index (χ1n) is 12.2. The van der Waals surface area contributed by atoms with Crippen molar-refractivity contribution >= 4 is 54.3 Å². The minimum atomic E-state index is -2.07. The lowest BCUT2D eigenvalue weighted by Crippen LogP contribution is -2.52. The zero-order chi connectivity index (χ0) is 26.4. The van der Waals surface area contributed by atoms with Crippen LogP contribution < -0.4 is 4.90 Å². The summed E-state index contributed by atoms with van der Waals surface area (Å²) in [6, 6.07) is 3.15. The average molecular weight is 529 g/mol. The van der Waals surface area contributed by atoms with Gasteiger partial charge in [-0.25, -0.2) is 9.74 Å². The third-order valence-electron chi connectivity index (χ3n) is 9.10. The lowest BCUT2D eigenvalue weighted by molar-refractivity contribution is -0.138. The van der Waals surface area contributed by atoms with E-state index in [1.165, 1.54) is 4.90 Å². The third-order valence-corrected chi connectivity index (χ3v) is 14.1. The topological polar surface area (TPSA) is 106 Å². The fourth-order valence-corrected chi connectivity index (χ4v) is 7.54. The van der Waals surface area contributed by atoms with Crippen LogP contribution in [0.4, 0.5) is 11.4 Å². The molecule has 2 amide bonds. The number of aliphatic hydroxyl groups excluding tert-OH is 1. The second-order valence-corrected chi connectivity index (χ2v) is 17.4. The number of ether oxygens (including phenoxy) is 1. The van der Waals surface area contributed by atoms with Gasteiger partial charge in [-0.05, 0) is 31.1 Å². The highest BCUT2D eigenvalue weighted by atomic mass is 32.1. The van der Waals surface area contributed by atoms with Crippen LogP contribution in [0, 0.1) is 24.3 Å². The summed E-state index contributed by atoms with van der Waals surface area (Å²) in [5.41, 5.74) is -0.806. The van der Waals surface area contributed by atoms with Crippen LogP contribution in [-0.2, 0) is 18.8 Å². The maximum atomic E-state index is 14.0. The molecule has 5 rings (SSSR count). The number of fused-ring (bicyclic) bond motifs is 6. The van der Waals surface area contributed by atoms with Crippen molar-refractivity contribution in [1.82, 2.24) is 8.75 Å². The van der Waals surface area contributed by atoms with Crippen molar-refractivity contribution in [3.63, 3.8) is 0 Å². The van der Waals surface area contributed by atoms with E-state index in [1.807, 2.05) is 6.92 Å². The summed E-state index contributed by atoms with van der Waals surface area (Å²) in [5.74, 6) is -2.54. The molecule has 192 valence electrons. The van der Waals surface area contributed by atoms with Crippen LogP contribution in [0.15, 0.2) is 12.1 Å². The number of carbonyl (C=O) groups is 2. The van der Waals surface area contributed by atoms with Gasteiger partial charge in [-0.2, -0.15) is 8.75 Å². The van der Waals surface area contributed by atoms with E-state index in [9.17, 15) is 14.7 Å². The normalized spacial score (nSPS) is 32.9. The highest BCUT2D eigenvalue weighted by molar-refractivity contribution is 7.00. The standard InChI is InChI=1S/C25H32N4O5SSi/c1-13(12-33-36(7,8)23(2,3)4)25-11-16(30)24(5,34-25)17-18(25)22(32)29(21(17)31)15-10-9-14(26-6)19-20(15)28-35-27-19/h9-10,13,16-18,30H,11-12H2,1-5,7-8H3/t13?,16-,17-,18+,24?,25?/m1/s1. The minimum absolute atomic E-state index is 0.0214. The van der Waals surface area contributed by atoms with Gasteiger partial charge in [0.1, 0.15) is 16.6 Å². The summed E-state index contributed by atoms with van der Waals surface area (Å²) in [6.45, 7) is 22.4. The van der Waals surface area contributed by atoms with Crippen molar-refractivity contribution in [2.45, 2.75) is 76.5 Å². The largest absolute Gasteiger partial charge is 0.416 e. The predicted octanol–water partition coefficient (Wildman–Crippen LogP) is 4.30. The number of aliphatic hydroxyl groups is 1. The van der Waals surface area contributed by atoms with E-state index in [-0.39, 0.29) is 23.3 Å². The number of amides is 2. The SMILES string of the molecule is [C-]#[N+]c1ccc(N2C(=O)[C@@H]3[C@H](C2=O)C2(C)OC3(C(C)CO[Si](C)(C)C(C)(C)C)C[C@H]2O)c2nsnc12. The Morgan fingerprint density at radius 1 is 1.28 bits per heavy atom. The van der Waals surface area contributed by atoms with Crippen LogP contribution in [0.5, 0.6) is 0 Å². The molecule has 11 heteroatoms. The summed E-state index contributed by atoms with van der Waals surface area (Å²) < 4.78 is 21.5. The Hall–Kier alpha value is -2.23. The fraction of sp³-hybridized carbons (Fsp3) is 0.640. The molecule has 3 saturated heterocycles. The van der Waals surface area contributed by atoms with Crippen molar-refractivity contribution < 1.29 is 23.9 Å². The molecule has 3 unspecified atom stereocenters. The van der Waals surface area contributed by atoms with Crippen LogP contribution in [0.1, 0.15) is 41.0 Å². The lowest BCUT2D eigenvalue weighted by Gasteiger charge is -2.41. The first kappa shape index (κ1) is 25.4. The van der Waals surface area contributed by atoms with Crippen LogP contribution >= 0.6 is 11.7 Å². The van der Waals surface area contributed by atoms with Gasteiger partial charge >= 0.3 is 0 Å². The Morgan fingerprint density at radius 2 is 1.92 bits per heavy atom. The summed E-state index contributed by atoms with van der Waals surface area (Å²) in [7, 11) is -2.07. The van der Waals surface area contributed by atoms with E-state index in [2.05, 4.69) is 47.5 Å². The van der Waals surface area contributed by atoms with E-state index < -0.39 is 43.4 Å². The zero-order valence-electron chi connectivity index (χ0n) is 21.7. The van der Waals surface area contributed by atoms with Crippen LogP contribution in [0.25, 0.3) is 15.9 Å². The molecule has 3 fully saturated rings. The van der Waals surface area contributed by atoms with E-state index in [4.69, 9.17) is 15.7 Å². The zero-order valence-corrected chi connectivity index (χ0v) is 23.5. The number of benzene rings is 1. The van der Waals surface area contributed by atoms with Gasteiger partial charge in [0.15, 0.2) is 8.32 Å². The number of rotatable bonds is 5. The van der Waals surface area contributed by atoms with Crippen LogP contribution in [-0.4, -0.2) is 57.9 Å². The second-order valence-electron chi connectivity index (χ2n) is 12.1. The Balaban J connectivity index is 1.54. The molecule has 1 aromatic carbocycles. The molecule has 3 aliphatic heterocycles. The number of hydrogen-bond acceptors (Lipinski definition) is 8. The van der Waals surface area contributed by atoms with Gasteiger partial charge in [-0.1, -0.05) is 33.8 Å². The van der Waals surface area contributed by atoms with Gasteiger partial charge in [-0.3, -0.25) is 9.59 Å². The number of aromatic nitrogens is 2. The van der Waals surface area contributed by atoms with Gasteiger partial charge in [0, 0.05) is 18.9 Å². The Bertz CT molecular complexity index is 1320. The number of carbonyl (C=O) groups excluding carboxylic acids is 2. The molecule has 36 heavy (non-hydrogen) atoms. The van der Waals surface area contributed by atoms with Crippen molar-refractivity contribution in [2.24, 2.45) is 17.8 Å². The molecule has 0 radical (unpaired) electrons.